The number of hydrogen-bond donors (Lipinski definition) is 1. The van der Waals surface area contributed by atoms with Crippen molar-refractivity contribution in [1.29, 1.82) is 0 Å². The van der Waals surface area contributed by atoms with E-state index in [2.05, 4.69) is 5.32 Å². The maximum atomic E-state index is 13.3. The van der Waals surface area contributed by atoms with Crippen LogP contribution < -0.4 is 5.32 Å². The van der Waals surface area contributed by atoms with E-state index in [0.29, 0.717) is 5.56 Å². The molecule has 0 bridgehead atoms. The van der Waals surface area contributed by atoms with Crippen LogP contribution in [0.4, 0.5) is 13.2 Å². The highest BCUT2D eigenvalue weighted by molar-refractivity contribution is 5.91. The summed E-state index contributed by atoms with van der Waals surface area (Å²) in [5.74, 6) is -1.76. The molecule has 1 amide bonds. The van der Waals surface area contributed by atoms with E-state index >= 15 is 0 Å². The molecular formula is C25H22F3NO3. The Hall–Kier alpha value is -3.61. The highest BCUT2D eigenvalue weighted by atomic mass is 19.4. The number of alkyl halides is 3. The summed E-state index contributed by atoms with van der Waals surface area (Å²) < 4.78 is 43.3. The Kier molecular flexibility index (Phi) is 7.30. The fourth-order valence-corrected chi connectivity index (χ4v) is 3.44. The monoisotopic (exact) mass is 441 g/mol. The molecule has 3 aromatic carbocycles. The second kappa shape index (κ2) is 10.1. The van der Waals surface area contributed by atoms with Gasteiger partial charge in [-0.2, -0.15) is 13.2 Å². The molecule has 3 rings (SSSR count). The van der Waals surface area contributed by atoms with Crippen LogP contribution in [0.2, 0.25) is 0 Å². The fraction of sp³-hybridized carbons (Fsp3) is 0.200. The van der Waals surface area contributed by atoms with Crippen molar-refractivity contribution in [3.8, 4) is 0 Å². The molecule has 32 heavy (non-hydrogen) atoms. The number of amides is 1. The van der Waals surface area contributed by atoms with E-state index in [1.165, 1.54) is 19.2 Å². The fourth-order valence-electron chi connectivity index (χ4n) is 3.44. The SMILES string of the molecule is COC(=O)[C@@H](Cc1ccc(C(F)(F)F)cc1)NC(=O)C(c1ccccc1)c1ccccc1. The van der Waals surface area contributed by atoms with Crippen molar-refractivity contribution in [2.45, 2.75) is 24.6 Å². The van der Waals surface area contributed by atoms with Crippen LogP contribution in [0.5, 0.6) is 0 Å². The Labute approximate surface area is 184 Å². The summed E-state index contributed by atoms with van der Waals surface area (Å²) >= 11 is 0. The van der Waals surface area contributed by atoms with Gasteiger partial charge in [0, 0.05) is 6.42 Å². The van der Waals surface area contributed by atoms with Gasteiger partial charge in [-0.05, 0) is 28.8 Å². The number of rotatable bonds is 7. The van der Waals surface area contributed by atoms with Crippen molar-refractivity contribution in [1.82, 2.24) is 5.32 Å². The second-order valence-electron chi connectivity index (χ2n) is 7.24. The van der Waals surface area contributed by atoms with E-state index in [9.17, 15) is 22.8 Å². The standard InChI is InChI=1S/C25H22F3NO3/c1-32-24(31)21(16-17-12-14-20(15-13-17)25(26,27)28)29-23(30)22(18-8-4-2-5-9-18)19-10-6-3-7-11-19/h2-15,21-22H,16H2,1H3,(H,29,30)/t21-/m1/s1. The van der Waals surface area contributed by atoms with Crippen molar-refractivity contribution in [2.24, 2.45) is 0 Å². The van der Waals surface area contributed by atoms with Gasteiger partial charge in [0.2, 0.25) is 5.91 Å². The zero-order valence-corrected chi connectivity index (χ0v) is 17.3. The summed E-state index contributed by atoms with van der Waals surface area (Å²) in [5.41, 5.74) is 1.17. The Morgan fingerprint density at radius 1 is 0.844 bits per heavy atom. The smallest absolute Gasteiger partial charge is 0.416 e. The highest BCUT2D eigenvalue weighted by Crippen LogP contribution is 2.29. The zero-order valence-electron chi connectivity index (χ0n) is 17.3. The quantitative estimate of drug-likeness (QED) is 0.539. The lowest BCUT2D eigenvalue weighted by Gasteiger charge is -2.22. The molecule has 0 saturated carbocycles. The van der Waals surface area contributed by atoms with Crippen LogP contribution in [0.1, 0.15) is 28.2 Å². The predicted molar refractivity (Wildman–Crippen MR) is 114 cm³/mol. The molecule has 0 aliphatic rings. The minimum atomic E-state index is -4.45. The van der Waals surface area contributed by atoms with Crippen LogP contribution in [0.25, 0.3) is 0 Å². The molecule has 0 spiro atoms. The number of hydrogen-bond acceptors (Lipinski definition) is 3. The first-order valence-corrected chi connectivity index (χ1v) is 9.94. The number of carbonyl (C=O) groups excluding carboxylic acids is 2. The average Bonchev–Trinajstić information content (AvgIpc) is 2.79. The minimum Gasteiger partial charge on any atom is -0.467 e. The Bertz CT molecular complexity index is 996. The molecule has 1 atom stereocenters. The van der Waals surface area contributed by atoms with Gasteiger partial charge in [-0.3, -0.25) is 4.79 Å². The summed E-state index contributed by atoms with van der Waals surface area (Å²) in [7, 11) is 1.19. The van der Waals surface area contributed by atoms with Crippen molar-refractivity contribution < 1.29 is 27.5 Å². The van der Waals surface area contributed by atoms with Crippen molar-refractivity contribution in [3.63, 3.8) is 0 Å². The molecule has 3 aromatic rings. The van der Waals surface area contributed by atoms with Gasteiger partial charge in [0.1, 0.15) is 6.04 Å². The van der Waals surface area contributed by atoms with Crippen LogP contribution >= 0.6 is 0 Å². The van der Waals surface area contributed by atoms with E-state index in [1.807, 2.05) is 60.7 Å². The largest absolute Gasteiger partial charge is 0.467 e. The van der Waals surface area contributed by atoms with E-state index in [0.717, 1.165) is 23.3 Å². The molecule has 0 aliphatic carbocycles. The lowest BCUT2D eigenvalue weighted by atomic mass is 9.90. The van der Waals surface area contributed by atoms with E-state index in [1.54, 1.807) is 0 Å². The number of ether oxygens (including phenoxy) is 1. The number of nitrogens with one attached hydrogen (secondary N) is 1. The number of halogens is 3. The van der Waals surface area contributed by atoms with Gasteiger partial charge in [-0.1, -0.05) is 72.8 Å². The maximum absolute atomic E-state index is 13.3. The third-order valence-corrected chi connectivity index (χ3v) is 5.05. The van der Waals surface area contributed by atoms with E-state index < -0.39 is 35.6 Å². The summed E-state index contributed by atoms with van der Waals surface area (Å²) in [6, 6.07) is 21.6. The molecule has 166 valence electrons. The average molecular weight is 441 g/mol. The third-order valence-electron chi connectivity index (χ3n) is 5.05. The van der Waals surface area contributed by atoms with Gasteiger partial charge in [-0.25, -0.2) is 4.79 Å². The highest BCUT2D eigenvalue weighted by Gasteiger charge is 2.31. The molecule has 7 heteroatoms. The van der Waals surface area contributed by atoms with Crippen LogP contribution in [-0.2, 0) is 26.9 Å². The van der Waals surface area contributed by atoms with Crippen molar-refractivity contribution >= 4 is 11.9 Å². The molecule has 0 heterocycles. The van der Waals surface area contributed by atoms with Gasteiger partial charge in [0.15, 0.2) is 0 Å². The molecule has 0 fully saturated rings. The summed E-state index contributed by atoms with van der Waals surface area (Å²) in [6.07, 6.45) is -4.46. The van der Waals surface area contributed by atoms with E-state index in [4.69, 9.17) is 4.74 Å². The number of methoxy groups -OCH3 is 1. The first kappa shape index (κ1) is 23.1. The number of carbonyl (C=O) groups is 2. The number of esters is 1. The first-order valence-electron chi connectivity index (χ1n) is 9.94. The first-order chi connectivity index (χ1) is 15.3. The third kappa shape index (κ3) is 5.75. The Morgan fingerprint density at radius 3 is 1.78 bits per heavy atom. The maximum Gasteiger partial charge on any atom is 0.416 e. The van der Waals surface area contributed by atoms with Crippen molar-refractivity contribution in [3.05, 3.63) is 107 Å². The Balaban J connectivity index is 1.85. The molecule has 0 aromatic heterocycles. The van der Waals surface area contributed by atoms with Crippen molar-refractivity contribution in [2.75, 3.05) is 7.11 Å². The topological polar surface area (TPSA) is 55.4 Å². The Morgan fingerprint density at radius 2 is 1.34 bits per heavy atom. The van der Waals surface area contributed by atoms with Gasteiger partial charge in [0.05, 0.1) is 18.6 Å². The normalized spacial score (nSPS) is 12.3. The summed E-state index contributed by atoms with van der Waals surface area (Å²) in [6.45, 7) is 0. The lowest BCUT2D eigenvalue weighted by Crippen LogP contribution is -2.45. The van der Waals surface area contributed by atoms with Gasteiger partial charge in [-0.15, -0.1) is 0 Å². The molecular weight excluding hydrogens is 419 g/mol. The predicted octanol–water partition coefficient (Wildman–Crippen LogP) is 4.74. The zero-order chi connectivity index (χ0) is 23.1. The van der Waals surface area contributed by atoms with Gasteiger partial charge < -0.3 is 10.1 Å². The second-order valence-corrected chi connectivity index (χ2v) is 7.24. The van der Waals surface area contributed by atoms with Gasteiger partial charge >= 0.3 is 12.1 Å². The molecule has 1 N–H and O–H groups in total. The minimum absolute atomic E-state index is 0.00709. The van der Waals surface area contributed by atoms with Crippen LogP contribution in [0, 0.1) is 0 Å². The molecule has 4 nitrogen and oxygen atoms in total. The molecule has 0 aliphatic heterocycles. The van der Waals surface area contributed by atoms with Crippen LogP contribution in [0.3, 0.4) is 0 Å². The van der Waals surface area contributed by atoms with Crippen LogP contribution in [0.15, 0.2) is 84.9 Å². The molecule has 0 radical (unpaired) electrons. The molecule has 0 unspecified atom stereocenters. The summed E-state index contributed by atoms with van der Waals surface area (Å²) in [4.78, 5) is 25.6. The van der Waals surface area contributed by atoms with Crippen LogP contribution in [-0.4, -0.2) is 25.0 Å². The lowest BCUT2D eigenvalue weighted by molar-refractivity contribution is -0.145. The van der Waals surface area contributed by atoms with Gasteiger partial charge in [0.25, 0.3) is 0 Å². The molecule has 0 saturated heterocycles. The summed E-state index contributed by atoms with van der Waals surface area (Å²) in [5, 5.41) is 2.72. The number of benzene rings is 3. The van der Waals surface area contributed by atoms with E-state index in [-0.39, 0.29) is 6.42 Å².